The highest BCUT2D eigenvalue weighted by Crippen LogP contribution is 2.73. The first-order chi connectivity index (χ1) is 7.64. The van der Waals surface area contributed by atoms with Crippen LogP contribution in [-0.2, 0) is 0 Å². The van der Waals surface area contributed by atoms with Crippen molar-refractivity contribution in [1.29, 1.82) is 0 Å². The highest BCUT2D eigenvalue weighted by Gasteiger charge is 2.67. The Kier molecular flexibility index (Phi) is 15.6. The van der Waals surface area contributed by atoms with Crippen molar-refractivity contribution in [1.82, 2.24) is 0 Å². The zero-order valence-electron chi connectivity index (χ0n) is 7.54. The molecular formula is C6I12. The smallest absolute Gasteiger partial charge is 0.0623 e. The molecule has 0 N–H and O–H groups in total. The summed E-state index contributed by atoms with van der Waals surface area (Å²) in [4.78, 5) is 0. The van der Waals surface area contributed by atoms with Gasteiger partial charge in [0.05, 0.1) is 0 Å². The van der Waals surface area contributed by atoms with E-state index in [2.05, 4.69) is 271 Å². The van der Waals surface area contributed by atoms with E-state index in [0.29, 0.717) is 0 Å². The molecule has 0 spiro atoms. The van der Waals surface area contributed by atoms with E-state index in [-0.39, 0.29) is 5.71 Å². The summed E-state index contributed by atoms with van der Waals surface area (Å²) in [6, 6.07) is 0. The van der Waals surface area contributed by atoms with Gasteiger partial charge in [-0.3, -0.25) is 0 Å². The molecular weight excluding hydrogens is 1590 g/mol. The minimum atomic E-state index is 0.0689. The van der Waals surface area contributed by atoms with E-state index < -0.39 is 0 Å². The Morgan fingerprint density at radius 2 is 0.611 bits per heavy atom. The van der Waals surface area contributed by atoms with Crippen LogP contribution in [0.5, 0.6) is 0 Å². The summed E-state index contributed by atoms with van der Waals surface area (Å²) >= 11 is 30.7. The van der Waals surface area contributed by atoms with Crippen molar-refractivity contribution in [2.75, 3.05) is 0 Å². The van der Waals surface area contributed by atoms with Crippen molar-refractivity contribution in [3.63, 3.8) is 0 Å². The molecule has 0 aromatic heterocycles. The van der Waals surface area contributed by atoms with Gasteiger partial charge in [0.2, 0.25) is 0 Å². The number of hydrogen-bond acceptors (Lipinski definition) is 0. The second-order valence-electron chi connectivity index (χ2n) is 2.82. The first-order valence-corrected chi connectivity index (χ1v) is 16.5. The van der Waals surface area contributed by atoms with E-state index in [0.717, 1.165) is 0 Å². The maximum Gasteiger partial charge on any atom is 0.125 e. The average Bonchev–Trinajstić information content (AvgIpc) is 2.15. The SMILES string of the molecule is I[C](I)C(I)(I)C(I)(I)C(I)(I)C(I)(I)[C](I)I. The Morgan fingerprint density at radius 3 is 0.722 bits per heavy atom. The third-order valence-electron chi connectivity index (χ3n) is 1.66. The van der Waals surface area contributed by atoms with Crippen LogP contribution < -0.4 is 0 Å². The van der Waals surface area contributed by atoms with Gasteiger partial charge in [0, 0.05) is 0 Å². The Morgan fingerprint density at radius 1 is 0.444 bits per heavy atom. The first kappa shape index (κ1) is 26.8. The summed E-state index contributed by atoms with van der Waals surface area (Å²) in [5.41, 5.74) is 0. The monoisotopic (exact) mass is 1590 g/mol. The third-order valence-corrected chi connectivity index (χ3v) is 37.4. The number of hydrogen-bond donors (Lipinski definition) is 0. The molecule has 0 fully saturated rings. The largest absolute Gasteiger partial charge is 0.125 e. The van der Waals surface area contributed by atoms with E-state index in [1.54, 1.807) is 0 Å². The minimum absolute atomic E-state index is 0.0689. The highest BCUT2D eigenvalue weighted by molar-refractivity contribution is 14.2. The summed E-state index contributed by atoms with van der Waals surface area (Å²) in [6.45, 7) is 0. The van der Waals surface area contributed by atoms with Crippen LogP contribution in [0.25, 0.3) is 0 Å². The molecule has 0 aromatic carbocycles. The number of halogens is 12. The molecule has 0 aliphatic carbocycles. The zero-order chi connectivity index (χ0) is 15.2. The number of rotatable bonds is 5. The van der Waals surface area contributed by atoms with Crippen molar-refractivity contribution in [2.45, 2.75) is 5.71 Å². The molecule has 2 radical (unpaired) electrons. The lowest BCUT2D eigenvalue weighted by Gasteiger charge is -2.50. The lowest BCUT2D eigenvalue weighted by Crippen LogP contribution is -2.56. The molecule has 108 valence electrons. The molecule has 0 amide bonds. The topological polar surface area (TPSA) is 0 Å². The Bertz CT molecular complexity index is 261. The van der Waals surface area contributed by atoms with E-state index in [4.69, 9.17) is 0 Å². The van der Waals surface area contributed by atoms with Crippen LogP contribution in [-0.4, -0.2) is 5.71 Å². The van der Waals surface area contributed by atoms with Crippen LogP contribution in [0.4, 0.5) is 0 Å². The molecule has 0 saturated carbocycles. The van der Waals surface area contributed by atoms with E-state index in [1.807, 2.05) is 0 Å². The molecule has 0 nitrogen and oxygen atoms in total. The molecule has 0 unspecified atom stereocenters. The summed E-state index contributed by atoms with van der Waals surface area (Å²) in [6.07, 6.45) is 0. The van der Waals surface area contributed by atoms with Gasteiger partial charge in [0.25, 0.3) is 0 Å². The molecule has 0 bridgehead atoms. The van der Waals surface area contributed by atoms with E-state index >= 15 is 0 Å². The summed E-state index contributed by atoms with van der Waals surface area (Å²) in [7, 11) is 0. The molecule has 12 heteroatoms. The standard InChI is InChI=1S/C6I12/c7-1(8)3(11,12)5(15,16)6(17,18)4(13,14)2(9)10. The fraction of sp³-hybridized carbons (Fsp3) is 0.667. The van der Waals surface area contributed by atoms with Gasteiger partial charge in [0.15, 0.2) is 0 Å². The second-order valence-corrected chi connectivity index (χ2v) is 32.5. The van der Waals surface area contributed by atoms with Crippen molar-refractivity contribution in [3.05, 3.63) is 3.86 Å². The predicted molar refractivity (Wildman–Crippen MR) is 186 cm³/mol. The van der Waals surface area contributed by atoms with Gasteiger partial charge in [-0.15, -0.1) is 0 Å². The van der Waals surface area contributed by atoms with Gasteiger partial charge in [-0.1, -0.05) is 271 Å². The maximum absolute atomic E-state index is 2.63. The summed E-state index contributed by atoms with van der Waals surface area (Å²) in [5.74, 6) is 0. The van der Waals surface area contributed by atoms with Gasteiger partial charge >= 0.3 is 0 Å². The van der Waals surface area contributed by atoms with Gasteiger partial charge < -0.3 is 0 Å². The van der Waals surface area contributed by atoms with Crippen molar-refractivity contribution < 1.29 is 0 Å². The minimum Gasteiger partial charge on any atom is -0.0623 e. The first-order valence-electron chi connectivity index (χ1n) is 3.52. The van der Waals surface area contributed by atoms with Crippen molar-refractivity contribution >= 4 is 271 Å². The van der Waals surface area contributed by atoms with Crippen molar-refractivity contribution in [3.8, 4) is 0 Å². The van der Waals surface area contributed by atoms with Crippen LogP contribution in [0.15, 0.2) is 0 Å². The maximum atomic E-state index is 2.63. The third kappa shape index (κ3) is 6.13. The molecule has 0 aliphatic rings. The number of alkyl halides is 8. The fourth-order valence-corrected chi connectivity index (χ4v) is 14.8. The second kappa shape index (κ2) is 10.5. The fourth-order valence-electron chi connectivity index (χ4n) is 0.632. The van der Waals surface area contributed by atoms with Gasteiger partial charge in [-0.25, -0.2) is 0 Å². The lowest BCUT2D eigenvalue weighted by molar-refractivity contribution is 0.822. The van der Waals surface area contributed by atoms with E-state index in [9.17, 15) is 0 Å². The van der Waals surface area contributed by atoms with Crippen LogP contribution >= 0.6 is 271 Å². The van der Waals surface area contributed by atoms with Gasteiger partial charge in [-0.2, -0.15) is 0 Å². The van der Waals surface area contributed by atoms with Crippen LogP contribution in [0.3, 0.4) is 0 Å². The van der Waals surface area contributed by atoms with Crippen molar-refractivity contribution in [2.24, 2.45) is 0 Å². The average molecular weight is 1590 g/mol. The predicted octanol–water partition coefficient (Wildman–Crippen LogP) is 9.97. The van der Waals surface area contributed by atoms with Crippen LogP contribution in [0.1, 0.15) is 0 Å². The van der Waals surface area contributed by atoms with Gasteiger partial charge in [0.1, 0.15) is 9.58 Å². The molecule has 0 aromatic rings. The molecule has 0 aliphatic heterocycles. The quantitative estimate of drug-likeness (QED) is 0.190. The summed E-state index contributed by atoms with van der Waals surface area (Å²) < 4.78 is 3.09. The Hall–Kier alpha value is 8.76. The Labute approximate surface area is 272 Å². The lowest BCUT2D eigenvalue weighted by atomic mass is 10.2. The molecule has 18 heavy (non-hydrogen) atoms. The highest BCUT2D eigenvalue weighted by atomic mass is 127. The molecule has 0 saturated heterocycles. The normalized spacial score (nSPS) is 15.7. The van der Waals surface area contributed by atoms with Crippen LogP contribution in [0.2, 0.25) is 0 Å². The van der Waals surface area contributed by atoms with Gasteiger partial charge in [-0.05, 0) is 0 Å². The molecule has 0 atom stereocenters. The summed E-state index contributed by atoms with van der Waals surface area (Å²) in [5, 5.41) is 0. The van der Waals surface area contributed by atoms with Crippen LogP contribution in [0, 0.1) is 3.86 Å². The molecule has 0 heterocycles. The zero-order valence-corrected chi connectivity index (χ0v) is 33.4. The Balaban J connectivity index is 5.74. The molecule has 0 rings (SSSR count). The van der Waals surface area contributed by atoms with E-state index in [1.165, 1.54) is 3.86 Å².